The van der Waals surface area contributed by atoms with Crippen LogP contribution in [-0.2, 0) is 16.8 Å². The number of hydrogen-bond acceptors (Lipinski definition) is 2. The molecular weight excluding hydrogens is 404 g/mol. The zero-order valence-electron chi connectivity index (χ0n) is 20.9. The number of carbonyl (C=O) groups is 1. The Balaban J connectivity index is 1.52. The van der Waals surface area contributed by atoms with Gasteiger partial charge in [0.2, 0.25) is 5.91 Å². The lowest BCUT2D eigenvalue weighted by atomic mass is 9.86. The van der Waals surface area contributed by atoms with Gasteiger partial charge in [0.15, 0.2) is 0 Å². The molecule has 3 heteroatoms. The summed E-state index contributed by atoms with van der Waals surface area (Å²) in [5, 5.41) is 9.17. The minimum Gasteiger partial charge on any atom is -0.351 e. The first kappa shape index (κ1) is 24.7. The van der Waals surface area contributed by atoms with Gasteiger partial charge >= 0.3 is 0 Å². The van der Waals surface area contributed by atoms with Crippen LogP contribution in [0, 0.1) is 5.41 Å². The summed E-state index contributed by atoms with van der Waals surface area (Å²) in [6.07, 6.45) is 4.05. The number of amides is 1. The van der Waals surface area contributed by atoms with Crippen molar-refractivity contribution in [3.05, 3.63) is 95.6 Å². The Hall–Kier alpha value is -2.91. The van der Waals surface area contributed by atoms with Gasteiger partial charge in [-0.25, -0.2) is 0 Å². The summed E-state index contributed by atoms with van der Waals surface area (Å²) in [4.78, 5) is 12.8. The Morgan fingerprint density at radius 1 is 0.909 bits per heavy atom. The molecule has 3 aromatic carbocycles. The molecule has 0 saturated heterocycles. The van der Waals surface area contributed by atoms with Crippen molar-refractivity contribution < 1.29 is 4.79 Å². The van der Waals surface area contributed by atoms with Crippen LogP contribution in [0.4, 0.5) is 0 Å². The van der Waals surface area contributed by atoms with Crippen LogP contribution in [0.25, 0.3) is 10.8 Å². The summed E-state index contributed by atoms with van der Waals surface area (Å²) in [6.45, 7) is 13.9. The highest BCUT2D eigenvalue weighted by Gasteiger charge is 2.24. The summed E-state index contributed by atoms with van der Waals surface area (Å²) < 4.78 is 0. The highest BCUT2D eigenvalue weighted by atomic mass is 16.2. The van der Waals surface area contributed by atoms with E-state index in [9.17, 15) is 4.79 Å². The minimum atomic E-state index is -0.574. The normalized spacial score (nSPS) is 13.4. The van der Waals surface area contributed by atoms with E-state index in [4.69, 9.17) is 0 Å². The van der Waals surface area contributed by atoms with Crippen LogP contribution in [0.1, 0.15) is 64.3 Å². The van der Waals surface area contributed by atoms with E-state index >= 15 is 0 Å². The number of carbonyl (C=O) groups excluding carboxylic acids is 1. The second kappa shape index (κ2) is 10.4. The molecule has 3 aromatic rings. The number of rotatable bonds is 8. The fraction of sp³-hybridized carbons (Fsp3) is 0.367. The van der Waals surface area contributed by atoms with Gasteiger partial charge in [-0.15, -0.1) is 0 Å². The zero-order valence-corrected chi connectivity index (χ0v) is 20.9. The highest BCUT2D eigenvalue weighted by molar-refractivity contribution is 5.86. The molecule has 174 valence electrons. The molecule has 0 unspecified atom stereocenters. The molecule has 0 aliphatic heterocycles. The molecule has 0 aliphatic rings. The third-order valence-corrected chi connectivity index (χ3v) is 6.22. The summed E-state index contributed by atoms with van der Waals surface area (Å²) in [6, 6.07) is 23.6. The predicted molar refractivity (Wildman–Crippen MR) is 140 cm³/mol. The van der Waals surface area contributed by atoms with Crippen LogP contribution >= 0.6 is 0 Å². The summed E-state index contributed by atoms with van der Waals surface area (Å²) in [5.74, 6) is 0.0285. The predicted octanol–water partition coefficient (Wildman–Crippen LogP) is 6.69. The summed E-state index contributed by atoms with van der Waals surface area (Å²) >= 11 is 0. The van der Waals surface area contributed by atoms with Crippen molar-refractivity contribution in [2.24, 2.45) is 5.41 Å². The second-order valence-electron chi connectivity index (χ2n) is 10.5. The lowest BCUT2D eigenvalue weighted by Gasteiger charge is -2.21. The lowest BCUT2D eigenvalue weighted by Crippen LogP contribution is -2.35. The second-order valence-corrected chi connectivity index (χ2v) is 10.5. The maximum absolute atomic E-state index is 12.8. The molecule has 33 heavy (non-hydrogen) atoms. The molecule has 3 rings (SSSR count). The lowest BCUT2D eigenvalue weighted by molar-refractivity contribution is -0.127. The Bertz CT molecular complexity index is 1100. The minimum absolute atomic E-state index is 0.0285. The maximum atomic E-state index is 12.8. The van der Waals surface area contributed by atoms with Crippen LogP contribution in [0.2, 0.25) is 0 Å². The molecule has 3 nitrogen and oxygen atoms in total. The topological polar surface area (TPSA) is 41.1 Å². The molecule has 0 aliphatic carbocycles. The number of fused-ring (bicyclic) bond motifs is 1. The van der Waals surface area contributed by atoms with Gasteiger partial charge < -0.3 is 10.6 Å². The van der Waals surface area contributed by atoms with Gasteiger partial charge in [-0.05, 0) is 53.6 Å². The van der Waals surface area contributed by atoms with E-state index in [0.717, 1.165) is 5.56 Å². The van der Waals surface area contributed by atoms with Gasteiger partial charge in [0.25, 0.3) is 0 Å². The van der Waals surface area contributed by atoms with E-state index in [1.807, 2.05) is 19.9 Å². The molecule has 1 atom stereocenters. The van der Waals surface area contributed by atoms with Crippen molar-refractivity contribution in [1.29, 1.82) is 0 Å². The van der Waals surface area contributed by atoms with Crippen LogP contribution in [0.5, 0.6) is 0 Å². The van der Waals surface area contributed by atoms with Crippen LogP contribution in [0.3, 0.4) is 0 Å². The van der Waals surface area contributed by atoms with Gasteiger partial charge in [-0.1, -0.05) is 99.7 Å². The Labute approximate surface area is 199 Å². The van der Waals surface area contributed by atoms with Gasteiger partial charge in [-0.3, -0.25) is 4.79 Å². The van der Waals surface area contributed by atoms with E-state index < -0.39 is 5.41 Å². The van der Waals surface area contributed by atoms with Crippen LogP contribution in [0.15, 0.2) is 78.9 Å². The van der Waals surface area contributed by atoms with E-state index in [0.29, 0.717) is 13.1 Å². The Kier molecular flexibility index (Phi) is 7.76. The number of nitrogens with one attached hydrogen (secondary N) is 2. The van der Waals surface area contributed by atoms with E-state index in [-0.39, 0.29) is 17.4 Å². The first-order chi connectivity index (χ1) is 15.6. The van der Waals surface area contributed by atoms with Crippen molar-refractivity contribution in [2.45, 2.75) is 59.5 Å². The van der Waals surface area contributed by atoms with E-state index in [2.05, 4.69) is 111 Å². The molecule has 0 bridgehead atoms. The molecule has 1 amide bonds. The highest BCUT2D eigenvalue weighted by Crippen LogP contribution is 2.25. The molecule has 0 saturated carbocycles. The molecule has 0 fully saturated rings. The summed E-state index contributed by atoms with van der Waals surface area (Å²) in [7, 11) is 0. The molecule has 0 spiro atoms. The van der Waals surface area contributed by atoms with E-state index in [1.165, 1.54) is 21.9 Å². The molecule has 0 heterocycles. The Morgan fingerprint density at radius 3 is 2.27 bits per heavy atom. The SMILES string of the molecule is C[C@@H](NC/C=C/C(C)(C)C(=O)NCc1ccc(C(C)(C)C)cc1)c1cccc2ccccc12. The average molecular weight is 443 g/mol. The van der Waals surface area contributed by atoms with Gasteiger partial charge in [-0.2, -0.15) is 0 Å². The third kappa shape index (κ3) is 6.55. The van der Waals surface area contributed by atoms with Crippen molar-refractivity contribution in [1.82, 2.24) is 10.6 Å². The fourth-order valence-electron chi connectivity index (χ4n) is 3.94. The van der Waals surface area contributed by atoms with Gasteiger partial charge in [0, 0.05) is 19.1 Å². The number of benzene rings is 3. The standard InChI is InChI=1S/C30H38N2O/c1-22(26-14-9-12-24-11-7-8-13-27(24)26)31-20-10-19-30(5,6)28(33)32-21-23-15-17-25(18-16-23)29(2,3)4/h7-19,22,31H,20-21H2,1-6H3,(H,32,33)/b19-10+/t22-/m1/s1. The van der Waals surface area contributed by atoms with Crippen LogP contribution < -0.4 is 10.6 Å². The first-order valence-corrected chi connectivity index (χ1v) is 11.8. The van der Waals surface area contributed by atoms with Crippen molar-refractivity contribution in [3.8, 4) is 0 Å². The molecule has 2 N–H and O–H groups in total. The van der Waals surface area contributed by atoms with Crippen molar-refractivity contribution >= 4 is 16.7 Å². The zero-order chi connectivity index (χ0) is 24.1. The fourth-order valence-corrected chi connectivity index (χ4v) is 3.94. The summed E-state index contributed by atoms with van der Waals surface area (Å²) in [5.41, 5.74) is 3.26. The quantitative estimate of drug-likeness (QED) is 0.382. The average Bonchev–Trinajstić information content (AvgIpc) is 2.79. The Morgan fingerprint density at radius 2 is 1.58 bits per heavy atom. The maximum Gasteiger partial charge on any atom is 0.229 e. The molecule has 0 radical (unpaired) electrons. The number of hydrogen-bond donors (Lipinski definition) is 2. The van der Waals surface area contributed by atoms with Gasteiger partial charge in [0.1, 0.15) is 0 Å². The largest absolute Gasteiger partial charge is 0.351 e. The molecule has 0 aromatic heterocycles. The third-order valence-electron chi connectivity index (χ3n) is 6.22. The molecular formula is C30H38N2O. The van der Waals surface area contributed by atoms with Crippen molar-refractivity contribution in [2.75, 3.05) is 6.54 Å². The monoisotopic (exact) mass is 442 g/mol. The first-order valence-electron chi connectivity index (χ1n) is 11.8. The van der Waals surface area contributed by atoms with Crippen LogP contribution in [-0.4, -0.2) is 12.5 Å². The van der Waals surface area contributed by atoms with E-state index in [1.54, 1.807) is 0 Å². The van der Waals surface area contributed by atoms with Gasteiger partial charge in [0.05, 0.1) is 5.41 Å². The smallest absolute Gasteiger partial charge is 0.229 e. The van der Waals surface area contributed by atoms with Crippen molar-refractivity contribution in [3.63, 3.8) is 0 Å².